The number of carbonyl (C=O) groups excluding carboxylic acids is 1. The van der Waals surface area contributed by atoms with Crippen molar-refractivity contribution < 1.29 is 14.8 Å². The van der Waals surface area contributed by atoms with Crippen molar-refractivity contribution in [1.29, 1.82) is 0 Å². The Morgan fingerprint density at radius 1 is 1.35 bits per heavy atom. The Hall–Kier alpha value is -2.83. The number of anilines is 1. The number of aromatic hydroxyl groups is 1. The first-order valence-corrected chi connectivity index (χ1v) is 5.81. The second-order valence-corrected chi connectivity index (χ2v) is 4.35. The number of phenolic OH excluding ortho intramolecular Hbond substituents is 1. The van der Waals surface area contributed by atoms with Crippen LogP contribution in [-0.2, 0) is 7.05 Å². The largest absolute Gasteiger partial charge is 0.508 e. The van der Waals surface area contributed by atoms with E-state index < -0.39 is 10.8 Å². The smallest absolute Gasteiger partial charge is 0.323 e. The van der Waals surface area contributed by atoms with Gasteiger partial charge in [0.05, 0.1) is 7.05 Å². The van der Waals surface area contributed by atoms with Crippen molar-refractivity contribution in [1.82, 2.24) is 4.57 Å². The van der Waals surface area contributed by atoms with Crippen LogP contribution in [0, 0.1) is 17.0 Å². The van der Waals surface area contributed by atoms with Gasteiger partial charge in [-0.1, -0.05) is 6.07 Å². The first kappa shape index (κ1) is 13.6. The second-order valence-electron chi connectivity index (χ2n) is 4.35. The summed E-state index contributed by atoms with van der Waals surface area (Å²) in [6, 6.07) is 7.37. The number of nitrogens with zero attached hydrogens (tertiary/aromatic N) is 2. The quantitative estimate of drug-likeness (QED) is 0.662. The van der Waals surface area contributed by atoms with E-state index in [0.29, 0.717) is 11.3 Å². The molecule has 1 aromatic heterocycles. The van der Waals surface area contributed by atoms with Crippen molar-refractivity contribution in [3.8, 4) is 5.75 Å². The summed E-state index contributed by atoms with van der Waals surface area (Å²) < 4.78 is 1.20. The average Bonchev–Trinajstić information content (AvgIpc) is 2.76. The van der Waals surface area contributed by atoms with Crippen molar-refractivity contribution >= 4 is 17.4 Å². The zero-order valence-electron chi connectivity index (χ0n) is 11.0. The Morgan fingerprint density at radius 3 is 2.60 bits per heavy atom. The Balaban J connectivity index is 2.24. The number of rotatable bonds is 3. The van der Waals surface area contributed by atoms with E-state index in [1.54, 1.807) is 19.1 Å². The van der Waals surface area contributed by atoms with E-state index in [2.05, 4.69) is 5.32 Å². The molecule has 7 heteroatoms. The summed E-state index contributed by atoms with van der Waals surface area (Å²) >= 11 is 0. The molecule has 2 aromatic rings. The molecule has 0 saturated heterocycles. The fourth-order valence-corrected chi connectivity index (χ4v) is 1.79. The highest BCUT2D eigenvalue weighted by Crippen LogP contribution is 2.22. The maximum atomic E-state index is 12.0. The van der Waals surface area contributed by atoms with Gasteiger partial charge in [0.25, 0.3) is 5.91 Å². The number of nitro groups is 1. The molecule has 2 rings (SSSR count). The zero-order valence-corrected chi connectivity index (χ0v) is 11.0. The molecule has 0 aliphatic carbocycles. The lowest BCUT2D eigenvalue weighted by Gasteiger charge is -2.06. The van der Waals surface area contributed by atoms with Gasteiger partial charge in [-0.05, 0) is 29.5 Å². The lowest BCUT2D eigenvalue weighted by molar-refractivity contribution is -0.391. The van der Waals surface area contributed by atoms with Crippen LogP contribution in [-0.4, -0.2) is 20.5 Å². The molecule has 2 N–H and O–H groups in total. The van der Waals surface area contributed by atoms with E-state index in [4.69, 9.17) is 0 Å². The molecule has 1 heterocycles. The molecule has 0 aliphatic rings. The van der Waals surface area contributed by atoms with E-state index in [1.165, 1.54) is 29.8 Å². The minimum absolute atomic E-state index is 0.0701. The first-order valence-electron chi connectivity index (χ1n) is 5.81. The average molecular weight is 275 g/mol. The van der Waals surface area contributed by atoms with Gasteiger partial charge in [0, 0.05) is 17.8 Å². The van der Waals surface area contributed by atoms with Crippen LogP contribution in [0.1, 0.15) is 16.1 Å². The van der Waals surface area contributed by atoms with Crippen molar-refractivity contribution in [2.45, 2.75) is 6.92 Å². The van der Waals surface area contributed by atoms with Gasteiger partial charge in [-0.3, -0.25) is 4.79 Å². The Morgan fingerprint density at radius 2 is 2.05 bits per heavy atom. The molecule has 0 fully saturated rings. The Labute approximate surface area is 114 Å². The van der Waals surface area contributed by atoms with Gasteiger partial charge >= 0.3 is 5.82 Å². The normalized spacial score (nSPS) is 10.3. The summed E-state index contributed by atoms with van der Waals surface area (Å²) in [5, 5.41) is 22.9. The number of nitrogens with one attached hydrogen (secondary N) is 1. The SMILES string of the molecule is Cc1ccc(NC(=O)c2ccc([N+](=O)[O-])n2C)cc1O. The van der Waals surface area contributed by atoms with Gasteiger partial charge in [-0.2, -0.15) is 0 Å². The van der Waals surface area contributed by atoms with E-state index in [1.807, 2.05) is 0 Å². The van der Waals surface area contributed by atoms with Gasteiger partial charge in [0.15, 0.2) is 5.69 Å². The van der Waals surface area contributed by atoms with Gasteiger partial charge in [0.1, 0.15) is 5.75 Å². The number of aryl methyl sites for hydroxylation is 1. The molecule has 0 bridgehead atoms. The summed E-state index contributed by atoms with van der Waals surface area (Å²) in [5.74, 6) is -0.577. The highest BCUT2D eigenvalue weighted by molar-refractivity contribution is 6.03. The molecule has 0 aliphatic heterocycles. The minimum Gasteiger partial charge on any atom is -0.508 e. The number of hydrogen-bond donors (Lipinski definition) is 2. The predicted molar refractivity (Wildman–Crippen MR) is 72.9 cm³/mol. The molecule has 1 aromatic carbocycles. The van der Waals surface area contributed by atoms with Gasteiger partial charge in [-0.25, -0.2) is 4.57 Å². The van der Waals surface area contributed by atoms with Crippen molar-refractivity contribution in [2.75, 3.05) is 5.32 Å². The third-order valence-electron chi connectivity index (χ3n) is 2.98. The molecule has 104 valence electrons. The van der Waals surface area contributed by atoms with Crippen LogP contribution in [0.4, 0.5) is 11.5 Å². The number of phenols is 1. The van der Waals surface area contributed by atoms with Crippen LogP contribution in [0.5, 0.6) is 5.75 Å². The summed E-state index contributed by atoms with van der Waals surface area (Å²) in [6.45, 7) is 1.74. The first-order chi connectivity index (χ1) is 9.40. The lowest BCUT2D eigenvalue weighted by Crippen LogP contribution is -2.16. The van der Waals surface area contributed by atoms with Crippen LogP contribution >= 0.6 is 0 Å². The van der Waals surface area contributed by atoms with Crippen molar-refractivity contribution in [3.63, 3.8) is 0 Å². The number of amides is 1. The monoisotopic (exact) mass is 275 g/mol. The second kappa shape index (κ2) is 5.04. The van der Waals surface area contributed by atoms with Crippen molar-refractivity contribution in [3.05, 3.63) is 51.7 Å². The van der Waals surface area contributed by atoms with Crippen LogP contribution in [0.25, 0.3) is 0 Å². The molecule has 20 heavy (non-hydrogen) atoms. The third-order valence-corrected chi connectivity index (χ3v) is 2.98. The molecule has 0 radical (unpaired) electrons. The van der Waals surface area contributed by atoms with Crippen LogP contribution < -0.4 is 5.32 Å². The van der Waals surface area contributed by atoms with Crippen LogP contribution in [0.3, 0.4) is 0 Å². The number of benzene rings is 1. The predicted octanol–water partition coefficient (Wildman–Crippen LogP) is 2.20. The summed E-state index contributed by atoms with van der Waals surface area (Å²) in [6.07, 6.45) is 0. The minimum atomic E-state index is -0.561. The molecular formula is C13H13N3O4. The summed E-state index contributed by atoms with van der Waals surface area (Å²) in [7, 11) is 1.44. The van der Waals surface area contributed by atoms with E-state index in [0.717, 1.165) is 0 Å². The Bertz CT molecular complexity index is 691. The summed E-state index contributed by atoms with van der Waals surface area (Å²) in [5.41, 5.74) is 1.27. The number of aromatic nitrogens is 1. The highest BCUT2D eigenvalue weighted by Gasteiger charge is 2.20. The van der Waals surface area contributed by atoms with E-state index >= 15 is 0 Å². The molecule has 1 amide bonds. The van der Waals surface area contributed by atoms with Crippen molar-refractivity contribution in [2.24, 2.45) is 7.05 Å². The molecular weight excluding hydrogens is 262 g/mol. The Kier molecular flexibility index (Phi) is 3.43. The lowest BCUT2D eigenvalue weighted by atomic mass is 10.2. The molecule has 7 nitrogen and oxygen atoms in total. The van der Waals surface area contributed by atoms with Gasteiger partial charge in [0.2, 0.25) is 0 Å². The van der Waals surface area contributed by atoms with Gasteiger partial charge < -0.3 is 20.5 Å². The molecule has 0 saturated carbocycles. The number of carbonyl (C=O) groups is 1. The van der Waals surface area contributed by atoms with Crippen LogP contribution in [0.15, 0.2) is 30.3 Å². The maximum Gasteiger partial charge on any atom is 0.323 e. The highest BCUT2D eigenvalue weighted by atomic mass is 16.6. The van der Waals surface area contributed by atoms with E-state index in [9.17, 15) is 20.0 Å². The zero-order chi connectivity index (χ0) is 14.9. The maximum absolute atomic E-state index is 12.0. The number of hydrogen-bond acceptors (Lipinski definition) is 4. The fraction of sp³-hybridized carbons (Fsp3) is 0.154. The van der Waals surface area contributed by atoms with E-state index in [-0.39, 0.29) is 17.3 Å². The standard InChI is InChI=1S/C13H13N3O4/c1-8-3-4-9(7-11(8)17)14-13(18)10-5-6-12(15(10)2)16(19)20/h3-7,17H,1-2H3,(H,14,18). The van der Waals surface area contributed by atoms with Gasteiger partial charge in [-0.15, -0.1) is 0 Å². The molecule has 0 atom stereocenters. The summed E-state index contributed by atoms with van der Waals surface area (Å²) in [4.78, 5) is 22.2. The third kappa shape index (κ3) is 2.46. The molecule has 0 unspecified atom stereocenters. The van der Waals surface area contributed by atoms with Crippen LogP contribution in [0.2, 0.25) is 0 Å². The topological polar surface area (TPSA) is 97.4 Å². The molecule has 0 spiro atoms. The fourth-order valence-electron chi connectivity index (χ4n) is 1.79.